The van der Waals surface area contributed by atoms with E-state index in [1.165, 1.54) is 23.5 Å². The van der Waals surface area contributed by atoms with Gasteiger partial charge in [0.25, 0.3) is 5.91 Å². The van der Waals surface area contributed by atoms with Crippen LogP contribution in [0.5, 0.6) is 0 Å². The molecule has 3 heterocycles. The molecular weight excluding hydrogens is 403 g/mol. The van der Waals surface area contributed by atoms with E-state index < -0.39 is 0 Å². The zero-order valence-electron chi connectivity index (χ0n) is 15.2. The van der Waals surface area contributed by atoms with Crippen LogP contribution in [0.2, 0.25) is 0 Å². The lowest BCUT2D eigenvalue weighted by molar-refractivity contribution is 0.102. The van der Waals surface area contributed by atoms with Crippen LogP contribution in [0.3, 0.4) is 0 Å². The van der Waals surface area contributed by atoms with Gasteiger partial charge in [0, 0.05) is 10.9 Å². The molecule has 1 amide bonds. The number of halogens is 2. The summed E-state index contributed by atoms with van der Waals surface area (Å²) in [6.07, 6.45) is 1.93. The monoisotopic (exact) mass is 422 g/mol. The number of anilines is 1. The Morgan fingerprint density at radius 3 is 2.89 bits per heavy atom. The molecule has 4 rings (SSSR count). The summed E-state index contributed by atoms with van der Waals surface area (Å²) in [5.41, 5.74) is 2.34. The van der Waals surface area contributed by atoms with Gasteiger partial charge >= 0.3 is 0 Å². The lowest BCUT2D eigenvalue weighted by Gasteiger charge is -2.23. The molecule has 28 heavy (non-hydrogen) atoms. The van der Waals surface area contributed by atoms with Gasteiger partial charge in [-0.15, -0.1) is 28.8 Å². The van der Waals surface area contributed by atoms with Crippen LogP contribution < -0.4 is 10.6 Å². The molecule has 0 bridgehead atoms. The van der Waals surface area contributed by atoms with Gasteiger partial charge in [0.2, 0.25) is 0 Å². The highest BCUT2D eigenvalue weighted by atomic mass is 35.5. The Balaban J connectivity index is 0.00000225. The number of nitrogens with one attached hydrogen (secondary N) is 2. The third kappa shape index (κ3) is 4.21. The van der Waals surface area contributed by atoms with Crippen LogP contribution in [0.1, 0.15) is 35.1 Å². The molecule has 1 saturated heterocycles. The van der Waals surface area contributed by atoms with Crippen molar-refractivity contribution >= 4 is 34.8 Å². The smallest absolute Gasteiger partial charge is 0.279 e. The average molecular weight is 423 g/mol. The number of rotatable bonds is 4. The zero-order chi connectivity index (χ0) is 18.8. The predicted octanol–water partition coefficient (Wildman–Crippen LogP) is 3.45. The van der Waals surface area contributed by atoms with E-state index in [-0.39, 0.29) is 30.2 Å². The lowest BCUT2D eigenvalue weighted by atomic mass is 10.1. The minimum atomic E-state index is -0.340. The van der Waals surface area contributed by atoms with Gasteiger partial charge in [-0.05, 0) is 45.0 Å². The molecule has 0 radical (unpaired) electrons. The van der Waals surface area contributed by atoms with Crippen molar-refractivity contribution in [3.63, 3.8) is 0 Å². The number of hydrogen-bond donors (Lipinski definition) is 2. The van der Waals surface area contributed by atoms with E-state index in [0.717, 1.165) is 31.6 Å². The highest BCUT2D eigenvalue weighted by Gasteiger charge is 2.23. The van der Waals surface area contributed by atoms with Gasteiger partial charge in [-0.2, -0.15) is 0 Å². The summed E-state index contributed by atoms with van der Waals surface area (Å²) in [6.45, 7) is 3.73. The number of thiazole rings is 1. The fraction of sp³-hybridized carbons (Fsp3) is 0.333. The Morgan fingerprint density at radius 2 is 2.14 bits per heavy atom. The maximum absolute atomic E-state index is 13.4. The zero-order valence-corrected chi connectivity index (χ0v) is 16.8. The molecule has 2 N–H and O–H groups in total. The fourth-order valence-electron chi connectivity index (χ4n) is 3.22. The molecule has 7 nitrogen and oxygen atoms in total. The minimum Gasteiger partial charge on any atom is -0.317 e. The van der Waals surface area contributed by atoms with Crippen molar-refractivity contribution in [2.45, 2.75) is 25.8 Å². The molecule has 1 aromatic carbocycles. The summed E-state index contributed by atoms with van der Waals surface area (Å²) in [5, 5.41) is 16.6. The number of piperidine rings is 1. The third-order valence-corrected chi connectivity index (χ3v) is 5.40. The van der Waals surface area contributed by atoms with Gasteiger partial charge < -0.3 is 5.32 Å². The number of benzene rings is 1. The summed E-state index contributed by atoms with van der Waals surface area (Å²) in [6, 6.07) is 6.46. The molecule has 10 heteroatoms. The first kappa shape index (κ1) is 20.4. The second kappa shape index (κ2) is 8.76. The van der Waals surface area contributed by atoms with E-state index in [2.05, 4.69) is 25.9 Å². The fourth-order valence-corrected chi connectivity index (χ4v) is 3.93. The van der Waals surface area contributed by atoms with E-state index in [0.29, 0.717) is 22.1 Å². The van der Waals surface area contributed by atoms with Crippen molar-refractivity contribution in [3.8, 4) is 11.3 Å². The van der Waals surface area contributed by atoms with Crippen LogP contribution in [-0.2, 0) is 0 Å². The molecule has 0 spiro atoms. The topological polar surface area (TPSA) is 84.7 Å². The van der Waals surface area contributed by atoms with Crippen molar-refractivity contribution < 1.29 is 9.18 Å². The van der Waals surface area contributed by atoms with Gasteiger partial charge in [0.15, 0.2) is 10.8 Å². The van der Waals surface area contributed by atoms with Gasteiger partial charge in [0.05, 0.1) is 17.4 Å². The molecular formula is C18H20ClFN6OS. The molecule has 148 valence electrons. The van der Waals surface area contributed by atoms with E-state index in [1.54, 1.807) is 17.5 Å². The molecule has 2 aromatic heterocycles. The van der Waals surface area contributed by atoms with E-state index in [1.807, 2.05) is 11.6 Å². The quantitative estimate of drug-likeness (QED) is 0.672. The normalized spacial score (nSPS) is 14.5. The molecule has 0 aliphatic carbocycles. The van der Waals surface area contributed by atoms with Gasteiger partial charge in [-0.25, -0.2) is 14.1 Å². The van der Waals surface area contributed by atoms with Crippen molar-refractivity contribution in [1.82, 2.24) is 25.3 Å². The summed E-state index contributed by atoms with van der Waals surface area (Å²) >= 11 is 1.29. The lowest BCUT2D eigenvalue weighted by Crippen LogP contribution is -2.30. The maximum Gasteiger partial charge on any atom is 0.279 e. The second-order valence-corrected chi connectivity index (χ2v) is 7.31. The Morgan fingerprint density at radius 1 is 1.36 bits per heavy atom. The molecule has 1 fully saturated rings. The molecule has 0 atom stereocenters. The maximum atomic E-state index is 13.4. The van der Waals surface area contributed by atoms with Gasteiger partial charge in [-0.1, -0.05) is 17.3 Å². The molecule has 1 aliphatic heterocycles. The summed E-state index contributed by atoms with van der Waals surface area (Å²) < 4.78 is 15.2. The van der Waals surface area contributed by atoms with Crippen LogP contribution >= 0.6 is 23.7 Å². The van der Waals surface area contributed by atoms with Crippen LogP contribution in [0.15, 0.2) is 29.6 Å². The van der Waals surface area contributed by atoms with E-state index >= 15 is 0 Å². The average Bonchev–Trinajstić information content (AvgIpc) is 3.29. The number of nitrogens with zero attached hydrogens (tertiary/aromatic N) is 4. The first-order valence-electron chi connectivity index (χ1n) is 8.77. The molecule has 3 aromatic rings. The van der Waals surface area contributed by atoms with Crippen molar-refractivity contribution in [2.75, 3.05) is 18.4 Å². The van der Waals surface area contributed by atoms with Gasteiger partial charge in [0.1, 0.15) is 5.82 Å². The highest BCUT2D eigenvalue weighted by molar-refractivity contribution is 7.14. The third-order valence-electron chi connectivity index (χ3n) is 4.64. The number of aromatic nitrogens is 4. The molecule has 1 aliphatic rings. The highest BCUT2D eigenvalue weighted by Crippen LogP contribution is 2.26. The summed E-state index contributed by atoms with van der Waals surface area (Å²) in [5.74, 6) is -0.663. The van der Waals surface area contributed by atoms with Crippen LogP contribution in [0, 0.1) is 12.7 Å². The van der Waals surface area contributed by atoms with Crippen LogP contribution in [0.4, 0.5) is 9.52 Å². The first-order valence-corrected chi connectivity index (χ1v) is 9.65. The predicted molar refractivity (Wildman–Crippen MR) is 109 cm³/mol. The summed E-state index contributed by atoms with van der Waals surface area (Å²) in [4.78, 5) is 17.0. The Kier molecular flexibility index (Phi) is 6.38. The number of hydrogen-bond acceptors (Lipinski definition) is 6. The standard InChI is InChI=1S/C18H19FN6OS.ClH/c1-11-16(23-24-25(11)14-5-7-20-8-6-14)17(26)22-18-21-15(10-27-18)12-3-2-4-13(19)9-12;/h2-4,9-10,14,20H,5-8H2,1H3,(H,21,22,26);1H. The van der Waals surface area contributed by atoms with Gasteiger partial charge in [-0.3, -0.25) is 10.1 Å². The number of amides is 1. The Hall–Kier alpha value is -2.36. The Bertz CT molecular complexity index is 969. The van der Waals surface area contributed by atoms with E-state index in [9.17, 15) is 9.18 Å². The van der Waals surface area contributed by atoms with Crippen molar-refractivity contribution in [2.24, 2.45) is 0 Å². The minimum absolute atomic E-state index is 0. The SMILES string of the molecule is Cc1c(C(=O)Nc2nc(-c3cccc(F)c3)cs2)nnn1C1CCNCC1.Cl. The van der Waals surface area contributed by atoms with E-state index in [4.69, 9.17) is 0 Å². The summed E-state index contributed by atoms with van der Waals surface area (Å²) in [7, 11) is 0. The Labute approximate surface area is 171 Å². The number of carbonyl (C=O) groups excluding carboxylic acids is 1. The largest absolute Gasteiger partial charge is 0.317 e. The van der Waals surface area contributed by atoms with Crippen molar-refractivity contribution in [1.29, 1.82) is 0 Å². The number of carbonyl (C=O) groups is 1. The van der Waals surface area contributed by atoms with Crippen molar-refractivity contribution in [3.05, 3.63) is 46.9 Å². The van der Waals surface area contributed by atoms with Crippen LogP contribution in [0.25, 0.3) is 11.3 Å². The first-order chi connectivity index (χ1) is 13.1. The second-order valence-electron chi connectivity index (χ2n) is 6.45. The molecule has 0 unspecified atom stereocenters. The molecule has 0 saturated carbocycles. The van der Waals surface area contributed by atoms with Crippen LogP contribution in [-0.4, -0.2) is 39.0 Å².